The summed E-state index contributed by atoms with van der Waals surface area (Å²) in [7, 11) is 0. The van der Waals surface area contributed by atoms with Crippen molar-refractivity contribution in [2.24, 2.45) is 0 Å². The number of aromatic carboxylic acids is 1. The highest BCUT2D eigenvalue weighted by Gasteiger charge is 2.15. The number of benzene rings is 1. The molecule has 0 bridgehead atoms. The van der Waals surface area contributed by atoms with Crippen molar-refractivity contribution in [3.63, 3.8) is 0 Å². The summed E-state index contributed by atoms with van der Waals surface area (Å²) in [5.74, 6) is -0.961. The molecule has 0 unspecified atom stereocenters. The second kappa shape index (κ2) is 5.09. The number of nitrogens with zero attached hydrogens (tertiary/aromatic N) is 3. The number of phenolic OH excluding ortho intramolecular Hbond substituents is 1. The molecule has 0 aliphatic heterocycles. The third-order valence-electron chi connectivity index (χ3n) is 3.00. The molecule has 0 fully saturated rings. The minimum atomic E-state index is -1.09. The summed E-state index contributed by atoms with van der Waals surface area (Å²) >= 11 is 0. The number of carboxylic acid groups (broad SMARTS) is 1. The fraction of sp³-hybridized carbons (Fsp3) is 0. The smallest absolute Gasteiger partial charge is 0.356 e. The van der Waals surface area contributed by atoms with Gasteiger partial charge in [-0.3, -0.25) is 4.98 Å². The summed E-state index contributed by atoms with van der Waals surface area (Å²) < 4.78 is 1.53. The molecule has 2 aromatic heterocycles. The van der Waals surface area contributed by atoms with Crippen LogP contribution in [0.15, 0.2) is 54.9 Å². The van der Waals surface area contributed by atoms with Gasteiger partial charge in [0.25, 0.3) is 0 Å². The van der Waals surface area contributed by atoms with Crippen LogP contribution in [0.3, 0.4) is 0 Å². The third-order valence-corrected chi connectivity index (χ3v) is 3.00. The molecule has 3 rings (SSSR count). The molecule has 2 heterocycles. The Morgan fingerprint density at radius 2 is 1.71 bits per heavy atom. The Morgan fingerprint density at radius 3 is 2.33 bits per heavy atom. The topological polar surface area (TPSA) is 88.2 Å². The van der Waals surface area contributed by atoms with Crippen LogP contribution in [0.2, 0.25) is 0 Å². The van der Waals surface area contributed by atoms with E-state index in [9.17, 15) is 9.90 Å². The molecule has 21 heavy (non-hydrogen) atoms. The lowest BCUT2D eigenvalue weighted by atomic mass is 10.2. The molecular formula is C15H11N3O3. The minimum Gasteiger partial charge on any atom is -0.508 e. The summed E-state index contributed by atoms with van der Waals surface area (Å²) in [6.07, 6.45) is 3.26. The van der Waals surface area contributed by atoms with Crippen molar-refractivity contribution >= 4 is 5.97 Å². The lowest BCUT2D eigenvalue weighted by Crippen LogP contribution is -2.02. The first-order valence-corrected chi connectivity index (χ1v) is 6.18. The van der Waals surface area contributed by atoms with E-state index in [2.05, 4.69) is 10.1 Å². The molecule has 3 aromatic rings. The molecule has 0 saturated carbocycles. The standard InChI is InChI=1S/C15H11N3O3/c19-12-3-1-11(2-4-12)18-14(9-13(17-18)15(20)21)10-5-7-16-8-6-10/h1-9,19H,(H,20,21). The van der Waals surface area contributed by atoms with E-state index in [4.69, 9.17) is 5.11 Å². The monoisotopic (exact) mass is 281 g/mol. The van der Waals surface area contributed by atoms with E-state index in [1.54, 1.807) is 36.7 Å². The second-order valence-electron chi connectivity index (χ2n) is 4.38. The largest absolute Gasteiger partial charge is 0.508 e. The molecule has 104 valence electrons. The van der Waals surface area contributed by atoms with Crippen LogP contribution in [0.1, 0.15) is 10.5 Å². The highest BCUT2D eigenvalue weighted by Crippen LogP contribution is 2.24. The first-order chi connectivity index (χ1) is 10.1. The molecule has 0 saturated heterocycles. The van der Waals surface area contributed by atoms with Gasteiger partial charge in [-0.2, -0.15) is 5.10 Å². The summed E-state index contributed by atoms with van der Waals surface area (Å²) in [5.41, 5.74) is 2.06. The van der Waals surface area contributed by atoms with Gasteiger partial charge >= 0.3 is 5.97 Å². The Kier molecular flexibility index (Phi) is 3.12. The Bertz CT molecular complexity index is 780. The van der Waals surface area contributed by atoms with E-state index in [1.807, 2.05) is 0 Å². The molecule has 0 spiro atoms. The fourth-order valence-corrected chi connectivity index (χ4v) is 2.00. The van der Waals surface area contributed by atoms with Crippen LogP contribution < -0.4 is 0 Å². The van der Waals surface area contributed by atoms with E-state index >= 15 is 0 Å². The van der Waals surface area contributed by atoms with E-state index in [-0.39, 0.29) is 11.4 Å². The lowest BCUT2D eigenvalue weighted by Gasteiger charge is -2.07. The van der Waals surface area contributed by atoms with Crippen LogP contribution in [0.5, 0.6) is 5.75 Å². The zero-order valence-electron chi connectivity index (χ0n) is 10.8. The van der Waals surface area contributed by atoms with Crippen LogP contribution in [0.4, 0.5) is 0 Å². The Hall–Kier alpha value is -3.15. The van der Waals surface area contributed by atoms with Gasteiger partial charge in [0, 0.05) is 18.0 Å². The number of rotatable bonds is 3. The van der Waals surface area contributed by atoms with E-state index in [0.29, 0.717) is 11.4 Å². The number of phenols is 1. The molecule has 0 atom stereocenters. The number of hydrogen-bond acceptors (Lipinski definition) is 4. The van der Waals surface area contributed by atoms with Crippen LogP contribution >= 0.6 is 0 Å². The first kappa shape index (κ1) is 12.9. The van der Waals surface area contributed by atoms with Crippen LogP contribution in [-0.2, 0) is 0 Å². The Labute approximate surface area is 119 Å². The van der Waals surface area contributed by atoms with Crippen molar-refractivity contribution in [1.82, 2.24) is 14.8 Å². The van der Waals surface area contributed by atoms with Gasteiger partial charge < -0.3 is 10.2 Å². The van der Waals surface area contributed by atoms with Crippen LogP contribution in [0.25, 0.3) is 16.9 Å². The van der Waals surface area contributed by atoms with Crippen molar-refractivity contribution in [1.29, 1.82) is 0 Å². The molecular weight excluding hydrogens is 270 g/mol. The van der Waals surface area contributed by atoms with Crippen molar-refractivity contribution < 1.29 is 15.0 Å². The van der Waals surface area contributed by atoms with Crippen LogP contribution in [-0.4, -0.2) is 30.9 Å². The maximum Gasteiger partial charge on any atom is 0.356 e. The zero-order chi connectivity index (χ0) is 14.8. The molecule has 6 heteroatoms. The predicted molar refractivity (Wildman–Crippen MR) is 75.4 cm³/mol. The van der Waals surface area contributed by atoms with E-state index < -0.39 is 5.97 Å². The second-order valence-corrected chi connectivity index (χ2v) is 4.38. The van der Waals surface area contributed by atoms with Gasteiger partial charge in [0.2, 0.25) is 0 Å². The van der Waals surface area contributed by atoms with Crippen LogP contribution in [0, 0.1) is 0 Å². The van der Waals surface area contributed by atoms with Gasteiger partial charge in [-0.1, -0.05) is 0 Å². The highest BCUT2D eigenvalue weighted by atomic mass is 16.4. The van der Waals surface area contributed by atoms with E-state index in [1.165, 1.54) is 22.9 Å². The van der Waals surface area contributed by atoms with Crippen molar-refractivity contribution in [2.75, 3.05) is 0 Å². The van der Waals surface area contributed by atoms with Crippen molar-refractivity contribution in [2.45, 2.75) is 0 Å². The Morgan fingerprint density at radius 1 is 1.05 bits per heavy atom. The van der Waals surface area contributed by atoms with E-state index in [0.717, 1.165) is 5.56 Å². The lowest BCUT2D eigenvalue weighted by molar-refractivity contribution is 0.0690. The molecule has 0 amide bonds. The zero-order valence-corrected chi connectivity index (χ0v) is 10.8. The maximum absolute atomic E-state index is 11.2. The van der Waals surface area contributed by atoms with Crippen molar-refractivity contribution in [3.05, 3.63) is 60.6 Å². The van der Waals surface area contributed by atoms with Gasteiger partial charge in [0.05, 0.1) is 11.4 Å². The van der Waals surface area contributed by atoms with Gasteiger partial charge in [-0.05, 0) is 42.5 Å². The normalized spacial score (nSPS) is 10.5. The third kappa shape index (κ3) is 2.46. The number of hydrogen-bond donors (Lipinski definition) is 2. The fourth-order valence-electron chi connectivity index (χ4n) is 2.00. The number of carbonyl (C=O) groups is 1. The van der Waals surface area contributed by atoms with Crippen molar-refractivity contribution in [3.8, 4) is 22.7 Å². The summed E-state index contributed by atoms with van der Waals surface area (Å²) in [6, 6.07) is 11.4. The number of aromatic hydroxyl groups is 1. The predicted octanol–water partition coefficient (Wildman–Crippen LogP) is 2.34. The average Bonchev–Trinajstić information content (AvgIpc) is 2.94. The number of aromatic nitrogens is 3. The van der Waals surface area contributed by atoms with Gasteiger partial charge in [0.1, 0.15) is 5.75 Å². The molecule has 2 N–H and O–H groups in total. The molecule has 0 radical (unpaired) electrons. The Balaban J connectivity index is 2.19. The SMILES string of the molecule is O=C(O)c1cc(-c2ccncc2)n(-c2ccc(O)cc2)n1. The summed E-state index contributed by atoms with van der Waals surface area (Å²) in [5, 5.41) is 22.6. The molecule has 6 nitrogen and oxygen atoms in total. The minimum absolute atomic E-state index is 0.0464. The highest BCUT2D eigenvalue weighted by molar-refractivity contribution is 5.87. The molecule has 0 aliphatic rings. The number of pyridine rings is 1. The van der Waals surface area contributed by atoms with Gasteiger partial charge in [0.15, 0.2) is 5.69 Å². The first-order valence-electron chi connectivity index (χ1n) is 6.18. The molecule has 1 aromatic carbocycles. The number of carboxylic acids is 1. The average molecular weight is 281 g/mol. The van der Waals surface area contributed by atoms with Gasteiger partial charge in [-0.15, -0.1) is 0 Å². The van der Waals surface area contributed by atoms with Gasteiger partial charge in [-0.25, -0.2) is 9.48 Å². The molecule has 0 aliphatic carbocycles. The summed E-state index contributed by atoms with van der Waals surface area (Å²) in [6.45, 7) is 0. The summed E-state index contributed by atoms with van der Waals surface area (Å²) in [4.78, 5) is 15.1. The maximum atomic E-state index is 11.2. The quantitative estimate of drug-likeness (QED) is 0.769.